The first kappa shape index (κ1) is 14.7. The van der Waals surface area contributed by atoms with E-state index in [0.717, 1.165) is 17.7 Å². The Bertz CT molecular complexity index is 500. The van der Waals surface area contributed by atoms with Crippen LogP contribution in [0, 0.1) is 5.41 Å². The summed E-state index contributed by atoms with van der Waals surface area (Å²) in [5.41, 5.74) is 11.9. The number of nitrogens with two attached hydrogens (primary N) is 2. The summed E-state index contributed by atoms with van der Waals surface area (Å²) in [4.78, 5) is 11.4. The summed E-state index contributed by atoms with van der Waals surface area (Å²) in [5.74, 6) is 1.11. The number of carbonyl (C=O) groups is 1. The van der Waals surface area contributed by atoms with Gasteiger partial charge in [0.1, 0.15) is 0 Å². The third-order valence-electron chi connectivity index (χ3n) is 3.60. The Balaban J connectivity index is 2.17. The Morgan fingerprint density at radius 1 is 1.30 bits per heavy atom. The first-order valence-corrected chi connectivity index (χ1v) is 6.85. The fourth-order valence-corrected chi connectivity index (χ4v) is 2.18. The summed E-state index contributed by atoms with van der Waals surface area (Å²) in [6.07, 6.45) is 1.35. The first-order chi connectivity index (χ1) is 9.40. The second-order valence-corrected chi connectivity index (χ2v) is 5.82. The number of carbonyl (C=O) groups excluding carboxylic acids is 1. The van der Waals surface area contributed by atoms with Crippen LogP contribution in [0.25, 0.3) is 0 Å². The molecule has 20 heavy (non-hydrogen) atoms. The lowest BCUT2D eigenvalue weighted by Gasteiger charge is -2.25. The minimum atomic E-state index is -0.635. The van der Waals surface area contributed by atoms with Crippen LogP contribution in [0.5, 0.6) is 11.5 Å². The predicted molar refractivity (Wildman–Crippen MR) is 76.6 cm³/mol. The lowest BCUT2D eigenvalue weighted by molar-refractivity contribution is -0.126. The Morgan fingerprint density at radius 2 is 1.95 bits per heavy atom. The van der Waals surface area contributed by atoms with Gasteiger partial charge in [0.15, 0.2) is 11.5 Å². The molecular weight excluding hydrogens is 256 g/mol. The van der Waals surface area contributed by atoms with Crippen molar-refractivity contribution < 1.29 is 14.3 Å². The van der Waals surface area contributed by atoms with E-state index in [9.17, 15) is 4.79 Å². The third-order valence-corrected chi connectivity index (χ3v) is 3.60. The molecule has 1 aromatic carbocycles. The van der Waals surface area contributed by atoms with Crippen LogP contribution in [0.3, 0.4) is 0 Å². The van der Waals surface area contributed by atoms with Gasteiger partial charge in [-0.05, 0) is 24.1 Å². The van der Waals surface area contributed by atoms with E-state index in [1.165, 1.54) is 0 Å². The summed E-state index contributed by atoms with van der Waals surface area (Å²) < 4.78 is 11.2. The molecule has 1 unspecified atom stereocenters. The number of amides is 1. The van der Waals surface area contributed by atoms with Crippen molar-refractivity contribution in [2.75, 3.05) is 13.2 Å². The van der Waals surface area contributed by atoms with Crippen LogP contribution < -0.4 is 20.9 Å². The summed E-state index contributed by atoms with van der Waals surface area (Å²) >= 11 is 0. The van der Waals surface area contributed by atoms with Crippen molar-refractivity contribution in [3.8, 4) is 11.5 Å². The molecule has 1 aliphatic heterocycles. The van der Waals surface area contributed by atoms with E-state index in [0.29, 0.717) is 25.4 Å². The molecule has 4 N–H and O–H groups in total. The van der Waals surface area contributed by atoms with Gasteiger partial charge in [-0.2, -0.15) is 0 Å². The Labute approximate surface area is 119 Å². The molecule has 110 valence electrons. The monoisotopic (exact) mass is 278 g/mol. The SMILES string of the molecule is CC(C)(CC(N)c1ccc2c(c1)OCCCO2)C(N)=O. The van der Waals surface area contributed by atoms with Crippen molar-refractivity contribution in [3.63, 3.8) is 0 Å². The maximum Gasteiger partial charge on any atom is 0.223 e. The van der Waals surface area contributed by atoms with E-state index in [1.54, 1.807) is 13.8 Å². The van der Waals surface area contributed by atoms with Crippen LogP contribution >= 0.6 is 0 Å². The van der Waals surface area contributed by atoms with Gasteiger partial charge in [0.05, 0.1) is 13.2 Å². The lowest BCUT2D eigenvalue weighted by atomic mass is 9.83. The smallest absolute Gasteiger partial charge is 0.223 e. The molecule has 0 radical (unpaired) electrons. The van der Waals surface area contributed by atoms with E-state index in [-0.39, 0.29) is 11.9 Å². The van der Waals surface area contributed by atoms with Crippen LogP contribution in [-0.2, 0) is 4.79 Å². The van der Waals surface area contributed by atoms with Gasteiger partial charge in [0.2, 0.25) is 5.91 Å². The van der Waals surface area contributed by atoms with Crippen LogP contribution in [0.2, 0.25) is 0 Å². The molecule has 1 aliphatic rings. The second-order valence-electron chi connectivity index (χ2n) is 5.82. The van der Waals surface area contributed by atoms with Gasteiger partial charge in [-0.15, -0.1) is 0 Å². The topological polar surface area (TPSA) is 87.6 Å². The number of primary amides is 1. The number of fused-ring (bicyclic) bond motifs is 1. The van der Waals surface area contributed by atoms with E-state index >= 15 is 0 Å². The molecule has 0 aromatic heterocycles. The zero-order valence-corrected chi connectivity index (χ0v) is 12.0. The Kier molecular flexibility index (Phi) is 4.18. The highest BCUT2D eigenvalue weighted by Crippen LogP contribution is 2.35. The van der Waals surface area contributed by atoms with E-state index in [1.807, 2.05) is 18.2 Å². The number of benzene rings is 1. The standard InChI is InChI=1S/C15H22N2O3/c1-15(2,14(17)18)9-11(16)10-4-5-12-13(8-10)20-7-3-6-19-12/h4-5,8,11H,3,6-7,9,16H2,1-2H3,(H2,17,18). The number of hydrogen-bond acceptors (Lipinski definition) is 4. The molecule has 5 heteroatoms. The lowest BCUT2D eigenvalue weighted by Crippen LogP contribution is -2.34. The summed E-state index contributed by atoms with van der Waals surface area (Å²) in [6, 6.07) is 5.40. The molecule has 0 spiro atoms. The molecule has 1 aromatic rings. The molecule has 1 atom stereocenters. The van der Waals surface area contributed by atoms with Gasteiger partial charge < -0.3 is 20.9 Å². The zero-order valence-electron chi connectivity index (χ0n) is 12.0. The van der Waals surface area contributed by atoms with E-state index in [4.69, 9.17) is 20.9 Å². The number of rotatable bonds is 4. The maximum absolute atomic E-state index is 11.4. The third kappa shape index (κ3) is 3.22. The molecule has 2 rings (SSSR count). The summed E-state index contributed by atoms with van der Waals surface area (Å²) in [7, 11) is 0. The first-order valence-electron chi connectivity index (χ1n) is 6.85. The second kappa shape index (κ2) is 5.71. The van der Waals surface area contributed by atoms with Crippen molar-refractivity contribution in [2.45, 2.75) is 32.7 Å². The average Bonchev–Trinajstić information content (AvgIpc) is 2.62. The quantitative estimate of drug-likeness (QED) is 0.878. The fourth-order valence-electron chi connectivity index (χ4n) is 2.18. The summed E-state index contributed by atoms with van der Waals surface area (Å²) in [6.45, 7) is 4.90. The van der Waals surface area contributed by atoms with Crippen LogP contribution in [0.4, 0.5) is 0 Å². The largest absolute Gasteiger partial charge is 0.490 e. The Morgan fingerprint density at radius 3 is 2.60 bits per heavy atom. The Hall–Kier alpha value is -1.75. The van der Waals surface area contributed by atoms with Gasteiger partial charge in [-0.1, -0.05) is 19.9 Å². The fraction of sp³-hybridized carbons (Fsp3) is 0.533. The predicted octanol–water partition coefficient (Wildman–Crippen LogP) is 1.75. The van der Waals surface area contributed by atoms with Gasteiger partial charge in [0.25, 0.3) is 0 Å². The zero-order chi connectivity index (χ0) is 14.8. The van der Waals surface area contributed by atoms with Gasteiger partial charge in [0, 0.05) is 17.9 Å². The van der Waals surface area contributed by atoms with Crippen molar-refractivity contribution in [2.24, 2.45) is 16.9 Å². The molecule has 1 heterocycles. The van der Waals surface area contributed by atoms with Gasteiger partial charge in [-0.3, -0.25) is 4.79 Å². The molecule has 5 nitrogen and oxygen atoms in total. The van der Waals surface area contributed by atoms with E-state index in [2.05, 4.69) is 0 Å². The molecular formula is C15H22N2O3. The average molecular weight is 278 g/mol. The highest BCUT2D eigenvalue weighted by atomic mass is 16.5. The number of ether oxygens (including phenoxy) is 2. The van der Waals surface area contributed by atoms with Crippen LogP contribution in [0.15, 0.2) is 18.2 Å². The minimum Gasteiger partial charge on any atom is -0.490 e. The molecule has 0 bridgehead atoms. The van der Waals surface area contributed by atoms with Crippen molar-refractivity contribution in [1.82, 2.24) is 0 Å². The van der Waals surface area contributed by atoms with Crippen LogP contribution in [-0.4, -0.2) is 19.1 Å². The summed E-state index contributed by atoms with van der Waals surface area (Å²) in [5, 5.41) is 0. The molecule has 0 saturated heterocycles. The van der Waals surface area contributed by atoms with Crippen LogP contribution in [0.1, 0.15) is 38.3 Å². The molecule has 0 saturated carbocycles. The highest BCUT2D eigenvalue weighted by molar-refractivity contribution is 5.79. The van der Waals surface area contributed by atoms with Gasteiger partial charge in [-0.25, -0.2) is 0 Å². The minimum absolute atomic E-state index is 0.269. The molecule has 0 aliphatic carbocycles. The highest BCUT2D eigenvalue weighted by Gasteiger charge is 2.28. The van der Waals surface area contributed by atoms with Gasteiger partial charge >= 0.3 is 0 Å². The van der Waals surface area contributed by atoms with Crippen molar-refractivity contribution in [1.29, 1.82) is 0 Å². The normalized spacial score (nSPS) is 16.4. The van der Waals surface area contributed by atoms with E-state index < -0.39 is 5.41 Å². The number of hydrogen-bond donors (Lipinski definition) is 2. The molecule has 0 fully saturated rings. The molecule has 1 amide bonds. The van der Waals surface area contributed by atoms with Crippen molar-refractivity contribution >= 4 is 5.91 Å². The maximum atomic E-state index is 11.4. The van der Waals surface area contributed by atoms with Crippen molar-refractivity contribution in [3.05, 3.63) is 23.8 Å².